The first kappa shape index (κ1) is 25.6. The number of amides is 3. The highest BCUT2D eigenvalue weighted by atomic mass is 35.5. The summed E-state index contributed by atoms with van der Waals surface area (Å²) >= 11 is 5.93. The number of likely N-dealkylation sites (tertiary alicyclic amines) is 1. The first-order chi connectivity index (χ1) is 16.4. The fourth-order valence-electron chi connectivity index (χ4n) is 3.93. The maximum atomic E-state index is 12.5. The number of hydrogen-bond acceptors (Lipinski definition) is 4. The molecule has 1 heterocycles. The number of ether oxygens (including phenoxy) is 1. The van der Waals surface area contributed by atoms with Crippen LogP contribution in [0.25, 0.3) is 0 Å². The molecule has 0 spiro atoms. The third kappa shape index (κ3) is 8.06. The first-order valence-electron chi connectivity index (χ1n) is 11.7. The second-order valence-corrected chi connectivity index (χ2v) is 8.98. The van der Waals surface area contributed by atoms with Crippen LogP contribution >= 0.6 is 11.6 Å². The van der Waals surface area contributed by atoms with E-state index in [1.54, 1.807) is 12.1 Å². The number of hydrogen-bond donors (Lipinski definition) is 2. The molecule has 8 heteroatoms. The number of halogens is 1. The monoisotopic (exact) mass is 485 g/mol. The molecule has 0 saturated carbocycles. The third-order valence-electron chi connectivity index (χ3n) is 5.96. The van der Waals surface area contributed by atoms with Gasteiger partial charge in [0.15, 0.2) is 0 Å². The topological polar surface area (TPSA) is 87.7 Å². The molecule has 2 N–H and O–H groups in total. The fourth-order valence-corrected chi connectivity index (χ4v) is 4.16. The number of piperidine rings is 1. The summed E-state index contributed by atoms with van der Waals surface area (Å²) in [6, 6.07) is 15.3. The number of benzene rings is 2. The van der Waals surface area contributed by atoms with E-state index in [2.05, 4.69) is 10.9 Å². The predicted molar refractivity (Wildman–Crippen MR) is 131 cm³/mol. The number of aryl methyl sites for hydroxylation is 2. The van der Waals surface area contributed by atoms with Crippen LogP contribution < -0.4 is 15.6 Å². The normalized spacial score (nSPS) is 13.9. The van der Waals surface area contributed by atoms with E-state index in [1.807, 2.05) is 48.2 Å². The van der Waals surface area contributed by atoms with Gasteiger partial charge in [0.1, 0.15) is 5.75 Å². The van der Waals surface area contributed by atoms with Crippen LogP contribution in [0, 0.1) is 12.8 Å². The van der Waals surface area contributed by atoms with Crippen LogP contribution in [0.4, 0.5) is 0 Å². The molecule has 2 aromatic carbocycles. The van der Waals surface area contributed by atoms with Gasteiger partial charge in [0.2, 0.25) is 17.7 Å². The number of carbonyl (C=O) groups excluding carboxylic acids is 3. The van der Waals surface area contributed by atoms with E-state index in [1.165, 1.54) is 0 Å². The third-order valence-corrected chi connectivity index (χ3v) is 6.19. The molecule has 1 aliphatic heterocycles. The molecule has 1 aliphatic rings. The lowest BCUT2D eigenvalue weighted by Gasteiger charge is -2.31. The molecule has 7 nitrogen and oxygen atoms in total. The minimum atomic E-state index is -0.265. The summed E-state index contributed by atoms with van der Waals surface area (Å²) in [5.41, 5.74) is 7.08. The number of nitrogens with one attached hydrogen (secondary N) is 2. The Hall–Kier alpha value is -3.06. The van der Waals surface area contributed by atoms with Crippen molar-refractivity contribution < 1.29 is 19.1 Å². The molecule has 182 valence electrons. The molecule has 3 amide bonds. The first-order valence-corrected chi connectivity index (χ1v) is 12.1. The van der Waals surface area contributed by atoms with Crippen LogP contribution in [-0.2, 0) is 20.8 Å². The molecule has 1 saturated heterocycles. The summed E-state index contributed by atoms with van der Waals surface area (Å²) < 4.78 is 5.68. The molecule has 3 rings (SSSR count). The van der Waals surface area contributed by atoms with Crippen molar-refractivity contribution in [2.24, 2.45) is 5.92 Å². The van der Waals surface area contributed by atoms with Gasteiger partial charge in [-0.25, -0.2) is 0 Å². The Morgan fingerprint density at radius 3 is 2.47 bits per heavy atom. The SMILES string of the molecule is Cc1cc(Cl)ccc1OCCCC(=O)NNC(=O)C1CCN(C(=O)CCc2ccccc2)CC1. The largest absolute Gasteiger partial charge is 0.493 e. The van der Waals surface area contributed by atoms with Crippen molar-refractivity contribution in [3.8, 4) is 5.75 Å². The van der Waals surface area contributed by atoms with Gasteiger partial charge >= 0.3 is 0 Å². The van der Waals surface area contributed by atoms with E-state index in [0.29, 0.717) is 50.4 Å². The summed E-state index contributed by atoms with van der Waals surface area (Å²) in [6.45, 7) is 3.41. The summed E-state index contributed by atoms with van der Waals surface area (Å²) in [5.74, 6) is 0.167. The molecular formula is C26H32ClN3O4. The Balaban J connectivity index is 1.28. The van der Waals surface area contributed by atoms with Gasteiger partial charge in [-0.15, -0.1) is 0 Å². The van der Waals surface area contributed by atoms with Crippen LogP contribution in [0.15, 0.2) is 48.5 Å². The molecule has 0 aromatic heterocycles. The molecule has 34 heavy (non-hydrogen) atoms. The van der Waals surface area contributed by atoms with E-state index in [-0.39, 0.29) is 30.1 Å². The average Bonchev–Trinajstić information content (AvgIpc) is 2.85. The lowest BCUT2D eigenvalue weighted by Crippen LogP contribution is -2.48. The highest BCUT2D eigenvalue weighted by molar-refractivity contribution is 6.30. The van der Waals surface area contributed by atoms with Crippen LogP contribution in [0.5, 0.6) is 5.75 Å². The number of rotatable bonds is 9. The molecule has 2 aromatic rings. The molecular weight excluding hydrogens is 454 g/mol. The second kappa shape index (κ2) is 13.0. The van der Waals surface area contributed by atoms with Crippen molar-refractivity contribution in [2.75, 3.05) is 19.7 Å². The van der Waals surface area contributed by atoms with Crippen LogP contribution in [0.3, 0.4) is 0 Å². The Morgan fingerprint density at radius 2 is 1.76 bits per heavy atom. The van der Waals surface area contributed by atoms with Crippen molar-refractivity contribution in [3.63, 3.8) is 0 Å². The van der Waals surface area contributed by atoms with Gasteiger partial charge < -0.3 is 9.64 Å². The van der Waals surface area contributed by atoms with Gasteiger partial charge in [0.25, 0.3) is 0 Å². The number of nitrogens with zero attached hydrogens (tertiary/aromatic N) is 1. The zero-order valence-corrected chi connectivity index (χ0v) is 20.3. The molecule has 0 aliphatic carbocycles. The second-order valence-electron chi connectivity index (χ2n) is 8.54. The van der Waals surface area contributed by atoms with E-state index in [0.717, 1.165) is 23.3 Å². The fraction of sp³-hybridized carbons (Fsp3) is 0.423. The van der Waals surface area contributed by atoms with Gasteiger partial charge in [0, 0.05) is 36.9 Å². The van der Waals surface area contributed by atoms with Crippen molar-refractivity contribution >= 4 is 29.3 Å². The standard InChI is InChI=1S/C26H32ClN3O4/c1-19-18-22(27)10-11-23(19)34-17-5-8-24(31)28-29-26(33)21-13-15-30(16-14-21)25(32)12-9-20-6-3-2-4-7-20/h2-4,6-7,10-11,18,21H,5,8-9,12-17H2,1H3,(H,28,31)(H,29,33). The number of hydrazine groups is 1. The smallest absolute Gasteiger partial charge is 0.241 e. The quantitative estimate of drug-likeness (QED) is 0.417. The molecule has 0 atom stereocenters. The Labute approximate surface area is 205 Å². The van der Waals surface area contributed by atoms with E-state index in [4.69, 9.17) is 16.3 Å². The maximum Gasteiger partial charge on any atom is 0.241 e. The summed E-state index contributed by atoms with van der Waals surface area (Å²) in [5, 5.41) is 0.653. The van der Waals surface area contributed by atoms with Crippen molar-refractivity contribution in [1.82, 2.24) is 15.8 Å². The highest BCUT2D eigenvalue weighted by Crippen LogP contribution is 2.22. The van der Waals surface area contributed by atoms with Crippen molar-refractivity contribution in [1.29, 1.82) is 0 Å². The van der Waals surface area contributed by atoms with E-state index >= 15 is 0 Å². The number of carbonyl (C=O) groups is 3. The van der Waals surface area contributed by atoms with E-state index in [9.17, 15) is 14.4 Å². The summed E-state index contributed by atoms with van der Waals surface area (Å²) in [4.78, 5) is 38.7. The van der Waals surface area contributed by atoms with Gasteiger partial charge in [-0.05, 0) is 61.9 Å². The molecule has 0 radical (unpaired) electrons. The van der Waals surface area contributed by atoms with Gasteiger partial charge in [-0.1, -0.05) is 41.9 Å². The zero-order chi connectivity index (χ0) is 24.3. The van der Waals surface area contributed by atoms with Crippen molar-refractivity contribution in [3.05, 3.63) is 64.7 Å². The lowest BCUT2D eigenvalue weighted by molar-refractivity contribution is -0.136. The lowest BCUT2D eigenvalue weighted by atomic mass is 9.95. The van der Waals surface area contributed by atoms with Gasteiger partial charge in [0.05, 0.1) is 6.61 Å². The predicted octanol–water partition coefficient (Wildman–Crippen LogP) is 3.83. The maximum absolute atomic E-state index is 12.5. The Kier molecular flexibility index (Phi) is 9.76. The van der Waals surface area contributed by atoms with Crippen LogP contribution in [0.1, 0.15) is 43.2 Å². The summed E-state index contributed by atoms with van der Waals surface area (Å²) in [6.07, 6.45) is 3.13. The van der Waals surface area contributed by atoms with Crippen LogP contribution in [-0.4, -0.2) is 42.3 Å². The summed E-state index contributed by atoms with van der Waals surface area (Å²) in [7, 11) is 0. The molecule has 0 bridgehead atoms. The molecule has 1 fully saturated rings. The zero-order valence-electron chi connectivity index (χ0n) is 19.5. The van der Waals surface area contributed by atoms with Gasteiger partial charge in [-0.3, -0.25) is 25.2 Å². The minimum absolute atomic E-state index is 0.118. The minimum Gasteiger partial charge on any atom is -0.493 e. The Morgan fingerprint density at radius 1 is 1.03 bits per heavy atom. The highest BCUT2D eigenvalue weighted by Gasteiger charge is 2.27. The van der Waals surface area contributed by atoms with E-state index < -0.39 is 0 Å². The Bertz CT molecular complexity index is 975. The van der Waals surface area contributed by atoms with Crippen LogP contribution in [0.2, 0.25) is 5.02 Å². The average molecular weight is 486 g/mol. The molecule has 0 unspecified atom stereocenters. The van der Waals surface area contributed by atoms with Gasteiger partial charge in [-0.2, -0.15) is 0 Å². The van der Waals surface area contributed by atoms with Crippen molar-refractivity contribution in [2.45, 2.75) is 45.4 Å².